The Balaban J connectivity index is 2.49. The molecule has 0 aromatic heterocycles. The predicted molar refractivity (Wildman–Crippen MR) is 25.9 cm³/mol. The highest BCUT2D eigenvalue weighted by Crippen LogP contribution is 2.12. The first-order valence-electron chi connectivity index (χ1n) is 2.14. The molecule has 1 aliphatic rings. The molecule has 0 saturated heterocycles. The van der Waals surface area contributed by atoms with Crippen LogP contribution in [0.4, 0.5) is 4.39 Å². The van der Waals surface area contributed by atoms with Gasteiger partial charge in [0.2, 0.25) is 0 Å². The number of hydrogen-bond donors (Lipinski definition) is 0. The van der Waals surface area contributed by atoms with Crippen molar-refractivity contribution in [1.82, 2.24) is 0 Å². The van der Waals surface area contributed by atoms with Crippen LogP contribution < -0.4 is 0 Å². The Morgan fingerprint density at radius 2 is 2.57 bits per heavy atom. The zero-order valence-electron chi connectivity index (χ0n) is 3.82. The van der Waals surface area contributed by atoms with Crippen LogP contribution in [-0.4, -0.2) is 0 Å². The van der Waals surface area contributed by atoms with Gasteiger partial charge >= 0.3 is 0 Å². The fraction of sp³-hybridized carbons (Fsp3) is 0.167. The molecule has 0 amide bonds. The topological polar surface area (TPSA) is 0 Å². The zero-order valence-corrected chi connectivity index (χ0v) is 3.82. The van der Waals surface area contributed by atoms with E-state index in [0.29, 0.717) is 6.42 Å². The molecular formula is C6H5F. The molecule has 7 heavy (non-hydrogen) atoms. The van der Waals surface area contributed by atoms with E-state index in [9.17, 15) is 4.39 Å². The second kappa shape index (κ2) is 1.92. The molecule has 0 spiro atoms. The summed E-state index contributed by atoms with van der Waals surface area (Å²) in [6.45, 7) is 0. The molecule has 0 bridgehead atoms. The fourth-order valence-electron chi connectivity index (χ4n) is 0.436. The highest BCUT2D eigenvalue weighted by Gasteiger charge is 2.00. The summed E-state index contributed by atoms with van der Waals surface area (Å²) in [4.78, 5) is 0. The summed E-state index contributed by atoms with van der Waals surface area (Å²) in [7, 11) is 0. The lowest BCUT2D eigenvalue weighted by Crippen LogP contribution is -1.83. The van der Waals surface area contributed by atoms with Crippen molar-refractivity contribution in [2.75, 3.05) is 0 Å². The van der Waals surface area contributed by atoms with Crippen molar-refractivity contribution in [2.45, 2.75) is 6.42 Å². The maximum atomic E-state index is 11.9. The number of allylic oxidation sites excluding steroid dienone is 4. The zero-order chi connectivity index (χ0) is 5.11. The molecule has 0 aromatic carbocycles. The standard InChI is InChI=1S/C6H5F/c7-6-4-2-1-3-5-6/h1-2,4H,5H2. The average molecular weight is 96.1 g/mol. The van der Waals surface area contributed by atoms with Crippen molar-refractivity contribution in [3.05, 3.63) is 30.5 Å². The Hall–Kier alpha value is -0.590. The van der Waals surface area contributed by atoms with Crippen molar-refractivity contribution in [1.29, 1.82) is 0 Å². The lowest BCUT2D eigenvalue weighted by molar-refractivity contribution is 0.526. The molecule has 0 atom stereocenters. The smallest absolute Gasteiger partial charge is 0.171 e. The Labute approximate surface area is 42.3 Å². The van der Waals surface area contributed by atoms with Gasteiger partial charge in [0.25, 0.3) is 0 Å². The summed E-state index contributed by atoms with van der Waals surface area (Å²) in [6.07, 6.45) is 7.74. The van der Waals surface area contributed by atoms with E-state index >= 15 is 0 Å². The highest BCUT2D eigenvalue weighted by molar-refractivity contribution is 5.15. The maximum absolute atomic E-state index is 11.9. The third kappa shape index (κ3) is 1.15. The second-order valence-electron chi connectivity index (χ2n) is 1.35. The van der Waals surface area contributed by atoms with Crippen LogP contribution >= 0.6 is 0 Å². The van der Waals surface area contributed by atoms with Crippen molar-refractivity contribution in [2.24, 2.45) is 0 Å². The number of hydrogen-bond acceptors (Lipinski definition) is 0. The van der Waals surface area contributed by atoms with Gasteiger partial charge in [-0.15, -0.1) is 0 Å². The fourth-order valence-corrected chi connectivity index (χ4v) is 0.436. The second-order valence-corrected chi connectivity index (χ2v) is 1.35. The van der Waals surface area contributed by atoms with Crippen LogP contribution in [0.15, 0.2) is 18.2 Å². The van der Waals surface area contributed by atoms with Crippen LogP contribution in [0.1, 0.15) is 6.42 Å². The monoisotopic (exact) mass is 96.0 g/mol. The van der Waals surface area contributed by atoms with Gasteiger partial charge < -0.3 is 0 Å². The van der Waals surface area contributed by atoms with Crippen molar-refractivity contribution < 1.29 is 4.39 Å². The van der Waals surface area contributed by atoms with Crippen molar-refractivity contribution >= 4 is 0 Å². The quantitative estimate of drug-likeness (QED) is 0.431. The molecule has 0 nitrogen and oxygen atoms in total. The van der Waals surface area contributed by atoms with Crippen LogP contribution in [0, 0.1) is 12.2 Å². The van der Waals surface area contributed by atoms with E-state index in [1.165, 1.54) is 6.08 Å². The van der Waals surface area contributed by atoms with E-state index in [1.807, 2.05) is 0 Å². The van der Waals surface area contributed by atoms with Gasteiger partial charge in [-0.2, -0.15) is 0 Å². The molecule has 0 heterocycles. The summed E-state index contributed by atoms with van der Waals surface area (Å²) < 4.78 is 11.9. The van der Waals surface area contributed by atoms with Crippen LogP contribution in [-0.2, 0) is 0 Å². The molecule has 36 valence electrons. The van der Waals surface area contributed by atoms with Gasteiger partial charge in [0, 0.05) is 6.42 Å². The first kappa shape index (κ1) is 4.57. The summed E-state index contributed by atoms with van der Waals surface area (Å²) >= 11 is 0. The molecule has 0 fully saturated rings. The molecule has 0 N–H and O–H groups in total. The van der Waals surface area contributed by atoms with E-state index < -0.39 is 0 Å². The SMILES string of the molecule is F[C]1C=CC=[C]C1. The van der Waals surface area contributed by atoms with Crippen LogP contribution in [0.2, 0.25) is 0 Å². The lowest BCUT2D eigenvalue weighted by Gasteiger charge is -1.96. The molecule has 1 aliphatic carbocycles. The van der Waals surface area contributed by atoms with E-state index in [-0.39, 0.29) is 6.17 Å². The first-order chi connectivity index (χ1) is 3.39. The largest absolute Gasteiger partial charge is 0.235 e. The van der Waals surface area contributed by atoms with Gasteiger partial charge in [-0.1, -0.05) is 12.2 Å². The van der Waals surface area contributed by atoms with Crippen molar-refractivity contribution in [3.63, 3.8) is 0 Å². The Morgan fingerprint density at radius 3 is 2.86 bits per heavy atom. The Morgan fingerprint density at radius 1 is 1.71 bits per heavy atom. The van der Waals surface area contributed by atoms with Gasteiger partial charge in [0.05, 0.1) is 0 Å². The molecule has 0 unspecified atom stereocenters. The third-order valence-electron chi connectivity index (χ3n) is 0.762. The molecule has 0 aliphatic heterocycles. The van der Waals surface area contributed by atoms with Gasteiger partial charge in [-0.25, -0.2) is 4.39 Å². The van der Waals surface area contributed by atoms with E-state index in [1.54, 1.807) is 12.2 Å². The molecular weight excluding hydrogens is 91.1 g/mol. The van der Waals surface area contributed by atoms with E-state index in [0.717, 1.165) is 0 Å². The minimum atomic E-state index is -0.109. The average Bonchev–Trinajstić information content (AvgIpc) is 1.69. The number of rotatable bonds is 0. The van der Waals surface area contributed by atoms with Gasteiger partial charge in [0.1, 0.15) is 0 Å². The first-order valence-corrected chi connectivity index (χ1v) is 2.14. The Kier molecular flexibility index (Phi) is 1.25. The molecule has 1 rings (SSSR count). The summed E-state index contributed by atoms with van der Waals surface area (Å²) in [5.41, 5.74) is 0. The molecule has 1 heteroatoms. The normalized spacial score (nSPS) is 20.7. The lowest BCUT2D eigenvalue weighted by atomic mass is 10.2. The summed E-state index contributed by atoms with van der Waals surface area (Å²) in [5, 5.41) is 0. The third-order valence-corrected chi connectivity index (χ3v) is 0.762. The minimum Gasteiger partial charge on any atom is -0.235 e. The van der Waals surface area contributed by atoms with Crippen molar-refractivity contribution in [3.8, 4) is 0 Å². The van der Waals surface area contributed by atoms with E-state index in [2.05, 4.69) is 6.08 Å². The van der Waals surface area contributed by atoms with Gasteiger partial charge in [-0.05, 0) is 12.2 Å². The minimum absolute atomic E-state index is 0.109. The molecule has 2 radical (unpaired) electrons. The predicted octanol–water partition coefficient (Wildman–Crippen LogP) is 1.81. The van der Waals surface area contributed by atoms with Crippen LogP contribution in [0.25, 0.3) is 0 Å². The van der Waals surface area contributed by atoms with E-state index in [4.69, 9.17) is 0 Å². The number of halogens is 1. The van der Waals surface area contributed by atoms with Crippen LogP contribution in [0.3, 0.4) is 0 Å². The molecule has 0 aromatic rings. The van der Waals surface area contributed by atoms with Gasteiger partial charge in [-0.3, -0.25) is 0 Å². The maximum Gasteiger partial charge on any atom is 0.171 e. The van der Waals surface area contributed by atoms with Gasteiger partial charge in [0.15, 0.2) is 6.17 Å². The highest BCUT2D eigenvalue weighted by atomic mass is 19.1. The summed E-state index contributed by atoms with van der Waals surface area (Å²) in [5.74, 6) is 0. The van der Waals surface area contributed by atoms with Crippen LogP contribution in [0.5, 0.6) is 0 Å². The summed E-state index contributed by atoms with van der Waals surface area (Å²) in [6, 6.07) is 0. The Bertz CT molecular complexity index is 103. The molecule has 0 saturated carbocycles.